The first kappa shape index (κ1) is 23.5. The molecular formula is C22H19F5N4O3. The number of hydrogen-bond donors (Lipinski definition) is 0. The molecule has 0 saturated carbocycles. The van der Waals surface area contributed by atoms with E-state index < -0.39 is 40.6 Å². The Kier molecular flexibility index (Phi) is 6.15. The van der Waals surface area contributed by atoms with Crippen LogP contribution in [-0.2, 0) is 19.3 Å². The second-order valence-electron chi connectivity index (χ2n) is 7.82. The average molecular weight is 482 g/mol. The number of hydrogen-bond acceptors (Lipinski definition) is 6. The van der Waals surface area contributed by atoms with Gasteiger partial charge in [-0.05, 0) is 37.1 Å². The van der Waals surface area contributed by atoms with Crippen molar-refractivity contribution in [3.8, 4) is 17.4 Å². The van der Waals surface area contributed by atoms with Gasteiger partial charge in [-0.15, -0.1) is 0 Å². The SMILES string of the molecule is C[C@@H]1CCn2c(cc(OCc3cc(F)c(Oc4cncc(C(F)(F)F)c4)c(F)c3)nc2=O)N1C. The number of rotatable bonds is 5. The number of alkyl halides is 3. The van der Waals surface area contributed by atoms with Crippen molar-refractivity contribution in [3.63, 3.8) is 0 Å². The highest BCUT2D eigenvalue weighted by atomic mass is 19.4. The molecular weight excluding hydrogens is 463 g/mol. The quantitative estimate of drug-likeness (QED) is 0.498. The number of ether oxygens (including phenoxy) is 2. The van der Waals surface area contributed by atoms with Crippen molar-refractivity contribution in [2.75, 3.05) is 11.9 Å². The third-order valence-electron chi connectivity index (χ3n) is 5.46. The van der Waals surface area contributed by atoms with Gasteiger partial charge in [0.2, 0.25) is 5.88 Å². The maximum absolute atomic E-state index is 14.5. The van der Waals surface area contributed by atoms with E-state index in [2.05, 4.69) is 9.97 Å². The van der Waals surface area contributed by atoms with Crippen LogP contribution in [0.4, 0.5) is 27.8 Å². The lowest BCUT2D eigenvalue weighted by Crippen LogP contribution is -2.41. The molecule has 3 aromatic rings. The number of pyridine rings is 1. The summed E-state index contributed by atoms with van der Waals surface area (Å²) < 4.78 is 79.4. The van der Waals surface area contributed by atoms with Crippen LogP contribution in [0, 0.1) is 11.6 Å². The molecule has 12 heteroatoms. The highest BCUT2D eigenvalue weighted by molar-refractivity contribution is 5.44. The molecule has 0 unspecified atom stereocenters. The second-order valence-corrected chi connectivity index (χ2v) is 7.82. The third kappa shape index (κ3) is 4.80. The van der Waals surface area contributed by atoms with Crippen molar-refractivity contribution in [1.82, 2.24) is 14.5 Å². The van der Waals surface area contributed by atoms with E-state index in [4.69, 9.17) is 9.47 Å². The molecule has 0 saturated heterocycles. The van der Waals surface area contributed by atoms with Crippen LogP contribution in [0.2, 0.25) is 0 Å². The maximum Gasteiger partial charge on any atom is 0.418 e. The molecule has 0 fully saturated rings. The highest BCUT2D eigenvalue weighted by Gasteiger charge is 2.31. The Hall–Kier alpha value is -3.70. The molecule has 3 heterocycles. The minimum absolute atomic E-state index is 0.00613. The van der Waals surface area contributed by atoms with Crippen LogP contribution < -0.4 is 20.1 Å². The Morgan fingerprint density at radius 1 is 1.12 bits per heavy atom. The molecule has 0 bridgehead atoms. The molecule has 0 spiro atoms. The number of fused-ring (bicyclic) bond motifs is 1. The van der Waals surface area contributed by atoms with Crippen molar-refractivity contribution in [3.05, 3.63) is 69.9 Å². The van der Waals surface area contributed by atoms with E-state index in [0.29, 0.717) is 24.6 Å². The van der Waals surface area contributed by atoms with E-state index in [-0.39, 0.29) is 24.1 Å². The first-order valence-corrected chi connectivity index (χ1v) is 10.2. The van der Waals surface area contributed by atoms with Crippen molar-refractivity contribution in [2.45, 2.75) is 38.7 Å². The first-order chi connectivity index (χ1) is 16.0. The van der Waals surface area contributed by atoms with Crippen molar-refractivity contribution in [2.24, 2.45) is 0 Å². The van der Waals surface area contributed by atoms with Gasteiger partial charge in [-0.2, -0.15) is 18.2 Å². The Bertz CT molecular complexity index is 1260. The molecule has 0 N–H and O–H groups in total. The lowest BCUT2D eigenvalue weighted by molar-refractivity contribution is -0.137. The van der Waals surface area contributed by atoms with Gasteiger partial charge in [0, 0.05) is 31.9 Å². The smallest absolute Gasteiger partial charge is 0.418 e. The largest absolute Gasteiger partial charge is 0.473 e. The van der Waals surface area contributed by atoms with Gasteiger partial charge in [0.1, 0.15) is 18.2 Å². The van der Waals surface area contributed by atoms with Gasteiger partial charge in [-0.1, -0.05) is 0 Å². The van der Waals surface area contributed by atoms with Crippen molar-refractivity contribution < 1.29 is 31.4 Å². The number of nitrogens with zero attached hydrogens (tertiary/aromatic N) is 4. The van der Waals surface area contributed by atoms with Crippen LogP contribution in [0.3, 0.4) is 0 Å². The fourth-order valence-corrected chi connectivity index (χ4v) is 3.48. The maximum atomic E-state index is 14.5. The summed E-state index contributed by atoms with van der Waals surface area (Å²) in [4.78, 5) is 21.4. The van der Waals surface area contributed by atoms with Crippen LogP contribution in [0.1, 0.15) is 24.5 Å². The summed E-state index contributed by atoms with van der Waals surface area (Å²) in [6, 6.07) is 4.19. The van der Waals surface area contributed by atoms with E-state index in [0.717, 1.165) is 24.8 Å². The molecule has 1 aromatic carbocycles. The number of anilines is 1. The van der Waals surface area contributed by atoms with Crippen molar-refractivity contribution in [1.29, 1.82) is 0 Å². The fourth-order valence-electron chi connectivity index (χ4n) is 3.48. The molecule has 0 amide bonds. The van der Waals surface area contributed by atoms with Crippen LogP contribution in [-0.4, -0.2) is 27.6 Å². The van der Waals surface area contributed by atoms with E-state index in [1.807, 2.05) is 18.9 Å². The van der Waals surface area contributed by atoms with E-state index in [1.165, 1.54) is 4.57 Å². The van der Waals surface area contributed by atoms with Crippen LogP contribution in [0.5, 0.6) is 17.4 Å². The monoisotopic (exact) mass is 482 g/mol. The summed E-state index contributed by atoms with van der Waals surface area (Å²) in [6.07, 6.45) is -2.43. The minimum atomic E-state index is -4.69. The average Bonchev–Trinajstić information content (AvgIpc) is 2.77. The lowest BCUT2D eigenvalue weighted by Gasteiger charge is -2.34. The Morgan fingerprint density at radius 3 is 2.50 bits per heavy atom. The molecule has 34 heavy (non-hydrogen) atoms. The van der Waals surface area contributed by atoms with Gasteiger partial charge in [0.25, 0.3) is 0 Å². The molecule has 1 aliphatic rings. The summed E-state index contributed by atoms with van der Waals surface area (Å²) in [5, 5.41) is 0. The van der Waals surface area contributed by atoms with Crippen LogP contribution in [0.25, 0.3) is 0 Å². The molecule has 4 rings (SSSR count). The standard InChI is InChI=1S/C22H19F5N4O3/c1-12-3-4-31-19(30(12)2)8-18(29-21(31)32)33-11-13-5-16(23)20(17(24)6-13)34-15-7-14(9-28-10-15)22(25,26)27/h5-10,12H,3-4,11H2,1-2H3/t12-/m1/s1. The summed E-state index contributed by atoms with van der Waals surface area (Å²) in [5.41, 5.74) is -1.56. The van der Waals surface area contributed by atoms with Crippen LogP contribution in [0.15, 0.2) is 41.5 Å². The first-order valence-electron chi connectivity index (χ1n) is 10.2. The Balaban J connectivity index is 1.51. The summed E-state index contributed by atoms with van der Waals surface area (Å²) in [7, 11) is 1.84. The highest BCUT2D eigenvalue weighted by Crippen LogP contribution is 2.34. The van der Waals surface area contributed by atoms with E-state index >= 15 is 0 Å². The van der Waals surface area contributed by atoms with Gasteiger partial charge in [0.15, 0.2) is 17.4 Å². The molecule has 1 aliphatic heterocycles. The predicted molar refractivity (Wildman–Crippen MR) is 111 cm³/mol. The molecule has 1 atom stereocenters. The zero-order valence-corrected chi connectivity index (χ0v) is 18.1. The molecule has 7 nitrogen and oxygen atoms in total. The minimum Gasteiger partial charge on any atom is -0.473 e. The zero-order chi connectivity index (χ0) is 24.6. The Morgan fingerprint density at radius 2 is 1.82 bits per heavy atom. The Labute approximate surface area is 190 Å². The van der Waals surface area contributed by atoms with Crippen molar-refractivity contribution >= 4 is 5.82 Å². The van der Waals surface area contributed by atoms with Gasteiger partial charge in [0.05, 0.1) is 11.8 Å². The van der Waals surface area contributed by atoms with Gasteiger partial charge < -0.3 is 14.4 Å². The normalized spacial score (nSPS) is 15.7. The number of aromatic nitrogens is 3. The lowest BCUT2D eigenvalue weighted by atomic mass is 10.1. The third-order valence-corrected chi connectivity index (χ3v) is 5.46. The number of halogens is 5. The zero-order valence-electron chi connectivity index (χ0n) is 18.1. The fraction of sp³-hybridized carbons (Fsp3) is 0.318. The van der Waals surface area contributed by atoms with Crippen LogP contribution >= 0.6 is 0 Å². The summed E-state index contributed by atoms with van der Waals surface area (Å²) >= 11 is 0. The number of benzene rings is 1. The van der Waals surface area contributed by atoms with Gasteiger partial charge >= 0.3 is 11.9 Å². The van der Waals surface area contributed by atoms with E-state index in [9.17, 15) is 26.7 Å². The van der Waals surface area contributed by atoms with Gasteiger partial charge in [-0.25, -0.2) is 13.6 Å². The van der Waals surface area contributed by atoms with E-state index in [1.54, 1.807) is 6.07 Å². The summed E-state index contributed by atoms with van der Waals surface area (Å²) in [6.45, 7) is 2.22. The molecule has 2 aromatic heterocycles. The molecule has 0 aliphatic carbocycles. The second kappa shape index (κ2) is 8.92. The predicted octanol–water partition coefficient (Wildman–Crippen LogP) is 4.54. The molecule has 0 radical (unpaired) electrons. The summed E-state index contributed by atoms with van der Waals surface area (Å²) in [5.74, 6) is -3.05. The molecule has 180 valence electrons. The topological polar surface area (TPSA) is 69.5 Å². The van der Waals surface area contributed by atoms with Gasteiger partial charge in [-0.3, -0.25) is 9.55 Å².